The van der Waals surface area contributed by atoms with E-state index in [0.29, 0.717) is 0 Å². The Balaban J connectivity index is 1.23. The van der Waals surface area contributed by atoms with Gasteiger partial charge in [-0.15, -0.1) is 0 Å². The fourth-order valence-electron chi connectivity index (χ4n) is 7.50. The van der Waals surface area contributed by atoms with Crippen molar-refractivity contribution >= 4 is 28.4 Å². The van der Waals surface area contributed by atoms with Crippen LogP contribution in [0.4, 0.5) is 11.4 Å². The molecule has 9 rings (SSSR count). The van der Waals surface area contributed by atoms with Crippen LogP contribution in [-0.4, -0.2) is 10.6 Å². The average molecular weight is 563 g/mol. The third kappa shape index (κ3) is 3.74. The summed E-state index contributed by atoms with van der Waals surface area (Å²) in [5, 5.41) is 1.32. The highest BCUT2D eigenvalue weighted by Crippen LogP contribution is 2.54. The van der Waals surface area contributed by atoms with Crippen molar-refractivity contribution in [2.75, 3.05) is 4.90 Å². The van der Waals surface area contributed by atoms with Gasteiger partial charge in [-0.05, 0) is 64.2 Å². The average Bonchev–Trinajstić information content (AvgIpc) is 3.62. The van der Waals surface area contributed by atoms with Crippen LogP contribution in [0.25, 0.3) is 44.9 Å². The number of para-hydroxylation sites is 4. The fraction of sp³-hybridized carbons (Fsp3) is 0.0476. The summed E-state index contributed by atoms with van der Waals surface area (Å²) < 4.78 is 2.49. The minimum atomic E-state index is 0.210. The highest BCUT2D eigenvalue weighted by Gasteiger charge is 2.43. The molecule has 0 spiro atoms. The van der Waals surface area contributed by atoms with E-state index in [2.05, 4.69) is 179 Å². The third-order valence-corrected chi connectivity index (χ3v) is 9.37. The van der Waals surface area contributed by atoms with Gasteiger partial charge in [-0.1, -0.05) is 133 Å². The Morgan fingerprint density at radius 1 is 0.477 bits per heavy atom. The summed E-state index contributed by atoms with van der Waals surface area (Å²) in [6, 6.07) is 57.4. The number of aromatic nitrogens is 1. The first-order chi connectivity index (χ1) is 21.9. The van der Waals surface area contributed by atoms with Gasteiger partial charge in [0.15, 0.2) is 0 Å². The lowest BCUT2D eigenvalue weighted by Crippen LogP contribution is -2.30. The van der Waals surface area contributed by atoms with Crippen molar-refractivity contribution in [3.05, 3.63) is 181 Å². The molecule has 1 aliphatic heterocycles. The van der Waals surface area contributed by atoms with Gasteiger partial charge >= 0.3 is 0 Å². The van der Waals surface area contributed by atoms with Gasteiger partial charge in [0.05, 0.1) is 22.9 Å². The predicted octanol–water partition coefficient (Wildman–Crippen LogP) is 10.6. The molecular weight excluding hydrogens is 532 g/mol. The Hall–Kier alpha value is -5.60. The molecule has 0 amide bonds. The van der Waals surface area contributed by atoms with Gasteiger partial charge in [0.1, 0.15) is 0 Å². The molecule has 0 saturated heterocycles. The van der Waals surface area contributed by atoms with Crippen LogP contribution in [0.1, 0.15) is 22.7 Å². The number of rotatable bonds is 4. The second-order valence-electron chi connectivity index (χ2n) is 11.7. The second kappa shape index (κ2) is 10.00. The summed E-state index contributed by atoms with van der Waals surface area (Å²) in [5.41, 5.74) is 13.9. The minimum Gasteiger partial charge on any atom is -0.333 e. The smallest absolute Gasteiger partial charge is 0.0637 e. The lowest BCUT2D eigenvalue weighted by atomic mass is 9.82. The van der Waals surface area contributed by atoms with Gasteiger partial charge in [0, 0.05) is 28.2 Å². The molecule has 1 aliphatic carbocycles. The maximum atomic E-state index is 2.52. The molecule has 2 heterocycles. The number of benzene rings is 6. The van der Waals surface area contributed by atoms with E-state index in [-0.39, 0.29) is 12.0 Å². The first kappa shape index (κ1) is 24.9. The fourth-order valence-corrected chi connectivity index (χ4v) is 7.50. The number of fused-ring (bicyclic) bond motifs is 7. The van der Waals surface area contributed by atoms with Crippen LogP contribution in [-0.2, 0) is 0 Å². The molecule has 6 aromatic carbocycles. The SMILES string of the molecule is C1=CC2C(c3ccccc3N2c2ccccc2)c2c1n(-c1ccccc1-c1ccc(-c3ccccc3)cc1)c1ccccc21. The molecule has 44 heavy (non-hydrogen) atoms. The number of anilines is 2. The molecule has 2 aliphatic rings. The van der Waals surface area contributed by atoms with E-state index in [9.17, 15) is 0 Å². The molecule has 2 atom stereocenters. The number of nitrogens with zero attached hydrogens (tertiary/aromatic N) is 2. The van der Waals surface area contributed by atoms with Gasteiger partial charge in [-0.2, -0.15) is 0 Å². The summed E-state index contributed by atoms with van der Waals surface area (Å²) in [5.74, 6) is 0.231. The van der Waals surface area contributed by atoms with Crippen LogP contribution in [0.3, 0.4) is 0 Å². The highest BCUT2D eigenvalue weighted by molar-refractivity contribution is 5.95. The van der Waals surface area contributed by atoms with E-state index in [4.69, 9.17) is 0 Å². The van der Waals surface area contributed by atoms with Gasteiger partial charge in [-0.3, -0.25) is 0 Å². The van der Waals surface area contributed by atoms with Crippen molar-refractivity contribution in [1.29, 1.82) is 0 Å². The van der Waals surface area contributed by atoms with Crippen molar-refractivity contribution in [1.82, 2.24) is 4.57 Å². The monoisotopic (exact) mass is 562 g/mol. The molecule has 0 N–H and O–H groups in total. The van der Waals surface area contributed by atoms with Crippen LogP contribution in [0.15, 0.2) is 164 Å². The van der Waals surface area contributed by atoms with E-state index >= 15 is 0 Å². The van der Waals surface area contributed by atoms with Crippen molar-refractivity contribution in [3.8, 4) is 27.9 Å². The minimum absolute atomic E-state index is 0.210. The van der Waals surface area contributed by atoms with Crippen LogP contribution < -0.4 is 4.90 Å². The molecule has 2 unspecified atom stereocenters. The molecule has 0 radical (unpaired) electrons. The first-order valence-electron chi connectivity index (χ1n) is 15.4. The van der Waals surface area contributed by atoms with Gasteiger partial charge < -0.3 is 9.47 Å². The summed E-state index contributed by atoms with van der Waals surface area (Å²) in [6.45, 7) is 0. The summed E-state index contributed by atoms with van der Waals surface area (Å²) >= 11 is 0. The van der Waals surface area contributed by atoms with Gasteiger partial charge in [-0.25, -0.2) is 0 Å². The van der Waals surface area contributed by atoms with E-state index in [0.717, 1.165) is 0 Å². The van der Waals surface area contributed by atoms with Crippen LogP contribution >= 0.6 is 0 Å². The van der Waals surface area contributed by atoms with Crippen molar-refractivity contribution in [3.63, 3.8) is 0 Å². The third-order valence-electron chi connectivity index (χ3n) is 9.37. The molecule has 2 heteroatoms. The van der Waals surface area contributed by atoms with E-state index in [1.165, 1.54) is 67.0 Å². The summed E-state index contributed by atoms with van der Waals surface area (Å²) in [4.78, 5) is 2.52. The standard InChI is InChI=1S/C42H30N2/c1-3-13-29(14-4-1)30-23-25-31(26-24-30)33-17-7-10-20-36(33)44-38-22-12-9-19-35(38)42-40(44)28-27-39-41(42)34-18-8-11-21-37(34)43(39)32-15-5-2-6-16-32/h1-28,39,41H. The Labute approximate surface area is 257 Å². The molecule has 0 fully saturated rings. The largest absolute Gasteiger partial charge is 0.333 e. The highest BCUT2D eigenvalue weighted by atomic mass is 15.2. The van der Waals surface area contributed by atoms with E-state index in [1.807, 2.05) is 0 Å². The molecule has 7 aromatic rings. The maximum absolute atomic E-state index is 2.52. The number of hydrogen-bond donors (Lipinski definition) is 0. The zero-order valence-corrected chi connectivity index (χ0v) is 24.2. The van der Waals surface area contributed by atoms with Crippen LogP contribution in [0.5, 0.6) is 0 Å². The Kier molecular flexibility index (Phi) is 5.67. The predicted molar refractivity (Wildman–Crippen MR) is 184 cm³/mol. The van der Waals surface area contributed by atoms with Crippen molar-refractivity contribution in [2.24, 2.45) is 0 Å². The molecule has 208 valence electrons. The topological polar surface area (TPSA) is 8.17 Å². The zero-order chi connectivity index (χ0) is 29.0. The van der Waals surface area contributed by atoms with Crippen molar-refractivity contribution in [2.45, 2.75) is 12.0 Å². The second-order valence-corrected chi connectivity index (χ2v) is 11.7. The summed E-state index contributed by atoms with van der Waals surface area (Å²) in [6.07, 6.45) is 4.79. The molecule has 1 aromatic heterocycles. The number of hydrogen-bond acceptors (Lipinski definition) is 1. The Morgan fingerprint density at radius 3 is 1.91 bits per heavy atom. The van der Waals surface area contributed by atoms with E-state index < -0.39 is 0 Å². The quantitative estimate of drug-likeness (QED) is 0.207. The normalized spacial score (nSPS) is 16.5. The molecule has 0 saturated carbocycles. The van der Waals surface area contributed by atoms with Crippen molar-refractivity contribution < 1.29 is 0 Å². The molecule has 0 bridgehead atoms. The lowest BCUT2D eigenvalue weighted by molar-refractivity contribution is 0.725. The maximum Gasteiger partial charge on any atom is 0.0637 e. The zero-order valence-electron chi connectivity index (χ0n) is 24.2. The Morgan fingerprint density at radius 2 is 1.09 bits per heavy atom. The lowest BCUT2D eigenvalue weighted by Gasteiger charge is -2.31. The first-order valence-corrected chi connectivity index (χ1v) is 15.4. The Bertz CT molecular complexity index is 2170. The van der Waals surface area contributed by atoms with Crippen LogP contribution in [0.2, 0.25) is 0 Å². The molecule has 2 nitrogen and oxygen atoms in total. The molecular formula is C42H30N2. The van der Waals surface area contributed by atoms with Crippen LogP contribution in [0, 0.1) is 0 Å². The van der Waals surface area contributed by atoms with Gasteiger partial charge in [0.25, 0.3) is 0 Å². The van der Waals surface area contributed by atoms with E-state index in [1.54, 1.807) is 0 Å². The summed E-state index contributed by atoms with van der Waals surface area (Å²) in [7, 11) is 0. The van der Waals surface area contributed by atoms with Gasteiger partial charge in [0.2, 0.25) is 0 Å².